The first-order valence-corrected chi connectivity index (χ1v) is 9.55. The number of esters is 1. The topological polar surface area (TPSA) is 38.8 Å². The van der Waals surface area contributed by atoms with Crippen LogP contribution < -0.4 is 4.74 Å². The van der Waals surface area contributed by atoms with Gasteiger partial charge in [-0.3, -0.25) is 4.79 Å². The number of carbonyl (C=O) groups is 1. The number of carbonyl (C=O) groups excluding carboxylic acids is 1. The third-order valence-electron chi connectivity index (χ3n) is 6.63. The number of rotatable bonds is 4. The number of ether oxygens (including phenoxy) is 2. The second-order valence-corrected chi connectivity index (χ2v) is 8.07. The van der Waals surface area contributed by atoms with Crippen molar-refractivity contribution in [3.8, 4) is 5.75 Å². The number of fused-ring (bicyclic) bond motifs is 6. The minimum absolute atomic E-state index is 0.0252. The molecule has 2 aromatic rings. The highest BCUT2D eigenvalue weighted by Gasteiger charge is 2.64. The lowest BCUT2D eigenvalue weighted by molar-refractivity contribution is -0.140. The Bertz CT molecular complexity index is 842. The van der Waals surface area contributed by atoms with E-state index >= 15 is 0 Å². The molecule has 3 heteroatoms. The Kier molecular flexibility index (Phi) is 3.43. The first-order valence-electron chi connectivity index (χ1n) is 9.55. The second kappa shape index (κ2) is 5.57. The van der Waals surface area contributed by atoms with E-state index in [1.807, 2.05) is 12.1 Å². The van der Waals surface area contributed by atoms with Gasteiger partial charge in [0.2, 0.25) is 0 Å². The summed E-state index contributed by atoms with van der Waals surface area (Å²) >= 11 is 0. The van der Waals surface area contributed by atoms with Crippen molar-refractivity contribution in [3.63, 3.8) is 0 Å². The van der Waals surface area contributed by atoms with Crippen molar-refractivity contribution in [2.24, 2.45) is 17.8 Å². The van der Waals surface area contributed by atoms with E-state index < -0.39 is 0 Å². The van der Waals surface area contributed by atoms with Crippen LogP contribution in [0.1, 0.15) is 44.6 Å². The molecule has 25 heavy (non-hydrogen) atoms. The quantitative estimate of drug-likeness (QED) is 0.462. The van der Waals surface area contributed by atoms with Gasteiger partial charge in [-0.25, -0.2) is 0 Å². The average molecular weight is 336 g/mol. The van der Waals surface area contributed by atoms with Crippen LogP contribution in [-0.4, -0.2) is 18.2 Å². The molecule has 0 amide bonds. The summed E-state index contributed by atoms with van der Waals surface area (Å²) in [5, 5.41) is 2.32. The standard InChI is InChI=1S/C22H24O3/c1-3-12(2)13-4-5-15-9-17(7-6-14(15)8-13)24-22(23)19-11-16-10-18(19)21-20(16)25-21/h4-9,12,16,18-21H,3,10-11H2,1-2H3. The minimum atomic E-state index is -0.0722. The minimum Gasteiger partial charge on any atom is -0.426 e. The Balaban J connectivity index is 1.34. The summed E-state index contributed by atoms with van der Waals surface area (Å²) in [4.78, 5) is 12.6. The molecule has 6 unspecified atom stereocenters. The molecular weight excluding hydrogens is 312 g/mol. The smallest absolute Gasteiger partial charge is 0.314 e. The van der Waals surface area contributed by atoms with Gasteiger partial charge in [0.05, 0.1) is 18.1 Å². The van der Waals surface area contributed by atoms with E-state index in [9.17, 15) is 4.79 Å². The highest BCUT2D eigenvalue weighted by atomic mass is 16.6. The van der Waals surface area contributed by atoms with Gasteiger partial charge < -0.3 is 9.47 Å². The molecule has 0 radical (unpaired) electrons. The molecule has 1 heterocycles. The Morgan fingerprint density at radius 2 is 1.96 bits per heavy atom. The SMILES string of the molecule is CCC(C)c1ccc2cc(OC(=O)C3CC4CC3C3OC43)ccc2c1. The van der Waals surface area contributed by atoms with E-state index in [0.29, 0.717) is 35.7 Å². The molecule has 2 aromatic carbocycles. The van der Waals surface area contributed by atoms with Gasteiger partial charge in [-0.15, -0.1) is 0 Å². The van der Waals surface area contributed by atoms with Crippen molar-refractivity contribution >= 4 is 16.7 Å². The Labute approximate surface area is 148 Å². The van der Waals surface area contributed by atoms with E-state index in [0.717, 1.165) is 24.6 Å². The van der Waals surface area contributed by atoms with Crippen molar-refractivity contribution in [2.75, 3.05) is 0 Å². The first-order chi connectivity index (χ1) is 12.1. The van der Waals surface area contributed by atoms with E-state index in [2.05, 4.69) is 38.1 Å². The molecule has 3 aliphatic rings. The zero-order valence-electron chi connectivity index (χ0n) is 14.8. The highest BCUT2D eigenvalue weighted by Crippen LogP contribution is 2.59. The Hall–Kier alpha value is -1.87. The number of benzene rings is 2. The molecule has 1 aliphatic heterocycles. The maximum atomic E-state index is 12.6. The number of hydrogen-bond acceptors (Lipinski definition) is 3. The molecule has 0 N–H and O–H groups in total. The van der Waals surface area contributed by atoms with Crippen LogP contribution in [0.5, 0.6) is 5.75 Å². The maximum Gasteiger partial charge on any atom is 0.314 e. The molecular formula is C22H24O3. The summed E-state index contributed by atoms with van der Waals surface area (Å²) in [5.41, 5.74) is 1.36. The lowest BCUT2D eigenvalue weighted by Gasteiger charge is -2.18. The molecule has 2 bridgehead atoms. The molecule has 5 rings (SSSR count). The van der Waals surface area contributed by atoms with Crippen LogP contribution in [-0.2, 0) is 9.53 Å². The Morgan fingerprint density at radius 3 is 2.72 bits per heavy atom. The van der Waals surface area contributed by atoms with Crippen molar-refractivity contribution in [1.29, 1.82) is 0 Å². The zero-order chi connectivity index (χ0) is 17.1. The molecule has 0 spiro atoms. The van der Waals surface area contributed by atoms with Crippen molar-refractivity contribution in [3.05, 3.63) is 42.0 Å². The van der Waals surface area contributed by atoms with Gasteiger partial charge >= 0.3 is 5.97 Å². The second-order valence-electron chi connectivity index (χ2n) is 8.07. The van der Waals surface area contributed by atoms with Crippen LogP contribution in [0.3, 0.4) is 0 Å². The lowest BCUT2D eigenvalue weighted by Crippen LogP contribution is -2.29. The van der Waals surface area contributed by atoms with Gasteiger partial charge in [0.15, 0.2) is 0 Å². The highest BCUT2D eigenvalue weighted by molar-refractivity contribution is 5.86. The fraction of sp³-hybridized carbons (Fsp3) is 0.500. The zero-order valence-corrected chi connectivity index (χ0v) is 14.8. The van der Waals surface area contributed by atoms with Crippen LogP contribution in [0.4, 0.5) is 0 Å². The fourth-order valence-electron chi connectivity index (χ4n) is 4.91. The van der Waals surface area contributed by atoms with Crippen LogP contribution in [0.15, 0.2) is 36.4 Å². The molecule has 3 fully saturated rings. The first kappa shape index (κ1) is 15.4. The van der Waals surface area contributed by atoms with Crippen LogP contribution in [0.2, 0.25) is 0 Å². The van der Waals surface area contributed by atoms with E-state index in [1.54, 1.807) is 0 Å². The summed E-state index contributed by atoms with van der Waals surface area (Å²) in [6.07, 6.45) is 4.01. The van der Waals surface area contributed by atoms with E-state index in [1.165, 1.54) is 10.9 Å². The van der Waals surface area contributed by atoms with E-state index in [4.69, 9.17) is 9.47 Å². The predicted molar refractivity (Wildman–Crippen MR) is 96.7 cm³/mol. The lowest BCUT2D eigenvalue weighted by atomic mass is 9.89. The third-order valence-corrected chi connectivity index (χ3v) is 6.63. The van der Waals surface area contributed by atoms with Gasteiger partial charge in [-0.1, -0.05) is 38.1 Å². The molecule has 1 saturated heterocycles. The van der Waals surface area contributed by atoms with Crippen molar-refractivity contribution in [1.82, 2.24) is 0 Å². The summed E-state index contributed by atoms with van der Waals surface area (Å²) in [6.45, 7) is 4.46. The van der Waals surface area contributed by atoms with Gasteiger partial charge in [0.1, 0.15) is 5.75 Å². The summed E-state index contributed by atoms with van der Waals surface area (Å²) in [7, 11) is 0. The molecule has 0 aromatic heterocycles. The normalized spacial score (nSPS) is 33.3. The summed E-state index contributed by atoms with van der Waals surface area (Å²) in [6, 6.07) is 12.5. The average Bonchev–Trinajstić information content (AvgIpc) is 3.24. The van der Waals surface area contributed by atoms with Gasteiger partial charge in [0.25, 0.3) is 0 Å². The molecule has 130 valence electrons. The van der Waals surface area contributed by atoms with Gasteiger partial charge in [-0.2, -0.15) is 0 Å². The van der Waals surface area contributed by atoms with Crippen molar-refractivity contribution in [2.45, 2.75) is 51.2 Å². The largest absolute Gasteiger partial charge is 0.426 e. The van der Waals surface area contributed by atoms with Crippen molar-refractivity contribution < 1.29 is 14.3 Å². The summed E-state index contributed by atoms with van der Waals surface area (Å²) in [5.74, 6) is 2.15. The molecule has 2 saturated carbocycles. The number of epoxide rings is 1. The molecule has 6 atom stereocenters. The molecule has 2 aliphatic carbocycles. The van der Waals surface area contributed by atoms with Gasteiger partial charge in [0, 0.05) is 5.92 Å². The maximum absolute atomic E-state index is 12.6. The monoisotopic (exact) mass is 336 g/mol. The fourth-order valence-corrected chi connectivity index (χ4v) is 4.91. The predicted octanol–water partition coefficient (Wildman–Crippen LogP) is 4.68. The molecule has 3 nitrogen and oxygen atoms in total. The van der Waals surface area contributed by atoms with Crippen LogP contribution in [0, 0.1) is 17.8 Å². The summed E-state index contributed by atoms with van der Waals surface area (Å²) < 4.78 is 11.4. The number of hydrogen-bond donors (Lipinski definition) is 0. The van der Waals surface area contributed by atoms with Crippen LogP contribution >= 0.6 is 0 Å². The Morgan fingerprint density at radius 1 is 1.16 bits per heavy atom. The van der Waals surface area contributed by atoms with Gasteiger partial charge in [-0.05, 0) is 59.6 Å². The van der Waals surface area contributed by atoms with Crippen LogP contribution in [0.25, 0.3) is 10.8 Å². The third kappa shape index (κ3) is 2.48. The van der Waals surface area contributed by atoms with E-state index in [-0.39, 0.29) is 11.9 Å².